The highest BCUT2D eigenvalue weighted by atomic mass is 19.4. The lowest BCUT2D eigenvalue weighted by atomic mass is 9.97. The van der Waals surface area contributed by atoms with Gasteiger partial charge in [-0.15, -0.1) is 12.8 Å². The van der Waals surface area contributed by atoms with Crippen LogP contribution < -0.4 is 5.73 Å². The SMILES string of the molecule is C#Cc1cccc(C(=O)Cc2cc(C(F)(F)F)cc(C(F)(F)F)c2)c1.C#Cc1cccc(C(=O)O)c1.Nc1cc(C(F)(F)F)cc(C(F)(F)F)c1. The minimum absolute atomic E-state index is 0.0208. The summed E-state index contributed by atoms with van der Waals surface area (Å²) in [4.78, 5) is 22.6. The van der Waals surface area contributed by atoms with Gasteiger partial charge in [-0.3, -0.25) is 4.79 Å². The summed E-state index contributed by atoms with van der Waals surface area (Å²) in [7, 11) is 0. The summed E-state index contributed by atoms with van der Waals surface area (Å²) in [5.41, 5.74) is -0.420. The van der Waals surface area contributed by atoms with E-state index in [4.69, 9.17) is 23.7 Å². The number of rotatable bonds is 4. The summed E-state index contributed by atoms with van der Waals surface area (Å²) in [6.07, 6.45) is -9.93. The standard InChI is InChI=1S/C18H10F6O.C9H6O2.C8H5F6N/c1-2-11-4-3-5-13(6-11)16(25)9-12-7-14(17(19,20)21)10-15(8-12)18(22,23)24;1-2-7-4-3-5-8(6-7)9(10)11;9-7(10,11)4-1-5(8(12,13)14)3-6(15)2-4/h1,3-8,10H,9H2;1,3-6H,(H,10,11);1-3H,15H2. The number of carboxylic acid groups (broad SMARTS) is 1. The van der Waals surface area contributed by atoms with Crippen LogP contribution in [0.5, 0.6) is 0 Å². The van der Waals surface area contributed by atoms with E-state index >= 15 is 0 Å². The highest BCUT2D eigenvalue weighted by molar-refractivity contribution is 5.97. The summed E-state index contributed by atoms with van der Waals surface area (Å²) in [5.74, 6) is 3.06. The van der Waals surface area contributed by atoms with Crippen molar-refractivity contribution in [2.75, 3.05) is 5.73 Å². The molecule has 0 atom stereocenters. The van der Waals surface area contributed by atoms with Gasteiger partial charge in [-0.1, -0.05) is 30.0 Å². The normalized spacial score (nSPS) is 11.5. The number of Topliss-reactive ketones (excluding diaryl/α,β-unsaturated/α-hetero) is 1. The molecule has 0 spiro atoms. The summed E-state index contributed by atoms with van der Waals surface area (Å²) in [6, 6.07) is 14.1. The molecule has 3 N–H and O–H groups in total. The van der Waals surface area contributed by atoms with Crippen molar-refractivity contribution in [3.05, 3.63) is 135 Å². The maximum Gasteiger partial charge on any atom is 0.416 e. The van der Waals surface area contributed by atoms with Crippen LogP contribution in [0.3, 0.4) is 0 Å². The van der Waals surface area contributed by atoms with Crippen LogP contribution in [-0.4, -0.2) is 16.9 Å². The Morgan fingerprint density at radius 2 is 0.922 bits per heavy atom. The first-order chi connectivity index (χ1) is 23.3. The second-order valence-electron chi connectivity index (χ2n) is 10.1. The molecule has 0 aliphatic carbocycles. The highest BCUT2D eigenvalue weighted by Gasteiger charge is 2.38. The molecular weight excluding hydrogens is 710 g/mol. The fraction of sp³-hybridized carbons (Fsp3) is 0.143. The molecule has 0 aliphatic rings. The van der Waals surface area contributed by atoms with Crippen molar-refractivity contribution in [1.29, 1.82) is 0 Å². The van der Waals surface area contributed by atoms with Crippen molar-refractivity contribution in [2.24, 2.45) is 0 Å². The highest BCUT2D eigenvalue weighted by Crippen LogP contribution is 2.38. The Hall–Kier alpha value is -5.90. The van der Waals surface area contributed by atoms with Crippen molar-refractivity contribution in [2.45, 2.75) is 31.1 Å². The Kier molecular flexibility index (Phi) is 13.1. The van der Waals surface area contributed by atoms with Gasteiger partial charge >= 0.3 is 30.7 Å². The maximum absolute atomic E-state index is 12.8. The molecule has 0 heterocycles. The van der Waals surface area contributed by atoms with Crippen molar-refractivity contribution in [3.8, 4) is 24.7 Å². The molecule has 0 bridgehead atoms. The number of carbonyl (C=O) groups excluding carboxylic acids is 1. The van der Waals surface area contributed by atoms with Gasteiger partial charge in [0.05, 0.1) is 27.8 Å². The molecule has 0 amide bonds. The number of benzene rings is 4. The summed E-state index contributed by atoms with van der Waals surface area (Å²) in [6.45, 7) is 0. The lowest BCUT2D eigenvalue weighted by Crippen LogP contribution is -2.13. The number of halogens is 12. The largest absolute Gasteiger partial charge is 0.478 e. The van der Waals surface area contributed by atoms with Crippen molar-refractivity contribution >= 4 is 17.4 Å². The van der Waals surface area contributed by atoms with Gasteiger partial charge in [0.15, 0.2) is 5.78 Å². The van der Waals surface area contributed by atoms with Gasteiger partial charge in [0.2, 0.25) is 0 Å². The zero-order valence-corrected chi connectivity index (χ0v) is 25.3. The third-order valence-electron chi connectivity index (χ3n) is 6.25. The van der Waals surface area contributed by atoms with E-state index in [-0.39, 0.29) is 28.8 Å². The van der Waals surface area contributed by atoms with E-state index in [2.05, 4.69) is 11.8 Å². The molecule has 268 valence electrons. The number of anilines is 1. The Labute approximate surface area is 281 Å². The van der Waals surface area contributed by atoms with Crippen LogP contribution in [0, 0.1) is 24.7 Å². The van der Waals surface area contributed by atoms with E-state index in [1.165, 1.54) is 30.3 Å². The number of aromatic carboxylic acids is 1. The fourth-order valence-electron chi connectivity index (χ4n) is 3.91. The lowest BCUT2D eigenvalue weighted by molar-refractivity contribution is -0.144. The van der Waals surface area contributed by atoms with Crippen molar-refractivity contribution < 1.29 is 67.4 Å². The van der Waals surface area contributed by atoms with E-state index in [0.717, 1.165) is 0 Å². The van der Waals surface area contributed by atoms with Crippen LogP contribution in [0.4, 0.5) is 58.4 Å². The van der Waals surface area contributed by atoms with Gasteiger partial charge in [0.1, 0.15) is 0 Å². The number of hydrogen-bond donors (Lipinski definition) is 2. The molecule has 0 fully saturated rings. The zero-order chi connectivity index (χ0) is 38.9. The topological polar surface area (TPSA) is 80.4 Å². The van der Waals surface area contributed by atoms with E-state index in [1.807, 2.05) is 0 Å². The van der Waals surface area contributed by atoms with Crippen LogP contribution >= 0.6 is 0 Å². The van der Waals surface area contributed by atoms with Gasteiger partial charge in [0.25, 0.3) is 0 Å². The van der Waals surface area contributed by atoms with Crippen LogP contribution in [-0.2, 0) is 31.1 Å². The van der Waals surface area contributed by atoms with E-state index in [1.54, 1.807) is 18.2 Å². The Morgan fingerprint density at radius 1 is 0.569 bits per heavy atom. The van der Waals surface area contributed by atoms with Gasteiger partial charge in [-0.25, -0.2) is 4.79 Å². The van der Waals surface area contributed by atoms with Crippen LogP contribution in [0.15, 0.2) is 84.9 Å². The molecule has 0 unspecified atom stereocenters. The number of nitrogens with two attached hydrogens (primary N) is 1. The molecule has 4 nitrogen and oxygen atoms in total. The van der Waals surface area contributed by atoms with Gasteiger partial charge in [-0.2, -0.15) is 52.7 Å². The number of hydrogen-bond acceptors (Lipinski definition) is 3. The molecular formula is C35H21F12NO3. The molecule has 4 rings (SSSR count). The zero-order valence-electron chi connectivity index (χ0n) is 25.3. The van der Waals surface area contributed by atoms with Crippen LogP contribution in [0.1, 0.15) is 59.7 Å². The second-order valence-corrected chi connectivity index (χ2v) is 10.1. The van der Waals surface area contributed by atoms with Crippen molar-refractivity contribution in [3.63, 3.8) is 0 Å². The lowest BCUT2D eigenvalue weighted by Gasteiger charge is -2.14. The van der Waals surface area contributed by atoms with Crippen LogP contribution in [0.2, 0.25) is 0 Å². The number of terminal acetylenes is 2. The quantitative estimate of drug-likeness (QED) is 0.0949. The maximum atomic E-state index is 12.8. The molecule has 0 saturated heterocycles. The predicted molar refractivity (Wildman–Crippen MR) is 161 cm³/mol. The number of alkyl halides is 12. The first-order valence-electron chi connectivity index (χ1n) is 13.6. The Morgan fingerprint density at radius 3 is 1.27 bits per heavy atom. The number of carbonyl (C=O) groups is 2. The summed E-state index contributed by atoms with van der Waals surface area (Å²) in [5, 5.41) is 8.54. The predicted octanol–water partition coefficient (Wildman–Crippen LogP) is 9.80. The number of nitrogen functional groups attached to an aromatic ring is 1. The number of carboxylic acids is 1. The minimum Gasteiger partial charge on any atom is -0.478 e. The van der Waals surface area contributed by atoms with Gasteiger partial charge < -0.3 is 10.8 Å². The molecule has 4 aromatic carbocycles. The third kappa shape index (κ3) is 12.8. The average Bonchev–Trinajstić information content (AvgIpc) is 3.03. The average molecular weight is 732 g/mol. The molecule has 0 aliphatic heterocycles. The van der Waals surface area contributed by atoms with E-state index in [0.29, 0.717) is 35.4 Å². The number of ketones is 1. The minimum atomic E-state index is -4.96. The molecule has 4 aromatic rings. The molecule has 16 heteroatoms. The van der Waals surface area contributed by atoms with E-state index < -0.39 is 70.8 Å². The Bertz CT molecular complexity index is 1890. The van der Waals surface area contributed by atoms with Crippen molar-refractivity contribution in [1.82, 2.24) is 0 Å². The first-order valence-corrected chi connectivity index (χ1v) is 13.6. The van der Waals surface area contributed by atoms with Gasteiger partial charge in [-0.05, 0) is 72.3 Å². The smallest absolute Gasteiger partial charge is 0.416 e. The van der Waals surface area contributed by atoms with Crippen LogP contribution in [0.25, 0.3) is 0 Å². The van der Waals surface area contributed by atoms with Gasteiger partial charge in [0, 0.05) is 28.8 Å². The Balaban J connectivity index is 0.000000293. The molecule has 0 saturated carbocycles. The first kappa shape index (κ1) is 41.3. The molecule has 51 heavy (non-hydrogen) atoms. The summed E-state index contributed by atoms with van der Waals surface area (Å²) < 4.78 is 150. The third-order valence-corrected chi connectivity index (χ3v) is 6.25. The molecule has 0 aromatic heterocycles. The summed E-state index contributed by atoms with van der Waals surface area (Å²) >= 11 is 0. The molecule has 0 radical (unpaired) electrons. The second kappa shape index (κ2) is 16.2. The van der Waals surface area contributed by atoms with E-state index in [9.17, 15) is 62.3 Å². The fourth-order valence-corrected chi connectivity index (χ4v) is 3.91. The monoisotopic (exact) mass is 731 g/mol.